The molecule has 0 spiro atoms. The van der Waals surface area contributed by atoms with Gasteiger partial charge in [0, 0.05) is 18.0 Å². The first kappa shape index (κ1) is 15.1. The van der Waals surface area contributed by atoms with Gasteiger partial charge in [0.1, 0.15) is 11.5 Å². The minimum absolute atomic E-state index is 0.210. The maximum atomic E-state index is 11.7. The molecule has 0 unspecified atom stereocenters. The van der Waals surface area contributed by atoms with Gasteiger partial charge in [0.15, 0.2) is 9.84 Å². The summed E-state index contributed by atoms with van der Waals surface area (Å²) >= 11 is 0. The van der Waals surface area contributed by atoms with Crippen molar-refractivity contribution in [2.75, 3.05) is 11.6 Å². The molecule has 6 heteroatoms. The molecule has 0 atom stereocenters. The summed E-state index contributed by atoms with van der Waals surface area (Å²) in [5.41, 5.74) is 0.521. The third-order valence-corrected chi connectivity index (χ3v) is 3.84. The van der Waals surface area contributed by atoms with Gasteiger partial charge in [-0.3, -0.25) is 4.79 Å². The lowest BCUT2D eigenvalue weighted by atomic mass is 10.3. The fourth-order valence-electron chi connectivity index (χ4n) is 1.67. The van der Waals surface area contributed by atoms with Crippen LogP contribution in [0, 0.1) is 6.92 Å². The van der Waals surface area contributed by atoms with Crippen molar-refractivity contribution in [1.82, 2.24) is 0 Å². The Morgan fingerprint density at radius 2 is 1.81 bits per heavy atom. The molecule has 0 aliphatic heterocycles. The number of aryl methyl sites for hydroxylation is 1. The van der Waals surface area contributed by atoms with Crippen LogP contribution in [-0.4, -0.2) is 20.6 Å². The number of furan rings is 1. The number of hydrogen-bond donors (Lipinski definition) is 1. The molecule has 5 nitrogen and oxygen atoms in total. The van der Waals surface area contributed by atoms with E-state index in [1.165, 1.54) is 18.2 Å². The molecule has 0 saturated carbocycles. The molecule has 1 heterocycles. The molecule has 0 aliphatic rings. The molecular formula is C15H15NO4S. The first-order valence-corrected chi connectivity index (χ1v) is 8.09. The molecule has 1 N–H and O–H groups in total. The van der Waals surface area contributed by atoms with Crippen LogP contribution in [0.1, 0.15) is 11.5 Å². The molecular weight excluding hydrogens is 290 g/mol. The number of rotatable bonds is 4. The molecule has 110 valence electrons. The monoisotopic (exact) mass is 305 g/mol. The lowest BCUT2D eigenvalue weighted by molar-refractivity contribution is -0.111. The molecule has 21 heavy (non-hydrogen) atoms. The maximum absolute atomic E-state index is 11.7. The predicted molar refractivity (Wildman–Crippen MR) is 80.7 cm³/mol. The molecule has 2 aromatic rings. The van der Waals surface area contributed by atoms with E-state index in [-0.39, 0.29) is 10.8 Å². The third-order valence-electron chi connectivity index (χ3n) is 2.71. The van der Waals surface area contributed by atoms with Crippen LogP contribution < -0.4 is 5.32 Å². The van der Waals surface area contributed by atoms with Crippen molar-refractivity contribution in [3.8, 4) is 0 Å². The molecule has 0 bridgehead atoms. The van der Waals surface area contributed by atoms with Gasteiger partial charge < -0.3 is 9.73 Å². The van der Waals surface area contributed by atoms with E-state index in [4.69, 9.17) is 4.42 Å². The number of benzene rings is 1. The third kappa shape index (κ3) is 4.32. The second-order valence-electron chi connectivity index (χ2n) is 4.57. The van der Waals surface area contributed by atoms with E-state index in [1.54, 1.807) is 24.3 Å². The van der Waals surface area contributed by atoms with E-state index in [0.29, 0.717) is 11.4 Å². The Morgan fingerprint density at radius 1 is 1.14 bits per heavy atom. The Bertz CT molecular complexity index is 770. The van der Waals surface area contributed by atoms with Crippen molar-refractivity contribution in [1.29, 1.82) is 0 Å². The molecule has 0 aliphatic carbocycles. The highest BCUT2D eigenvalue weighted by Crippen LogP contribution is 2.14. The average Bonchev–Trinajstić information content (AvgIpc) is 2.82. The number of hydrogen-bond acceptors (Lipinski definition) is 4. The van der Waals surface area contributed by atoms with Crippen molar-refractivity contribution in [3.05, 3.63) is 54.0 Å². The number of sulfone groups is 1. The molecule has 0 saturated heterocycles. The Morgan fingerprint density at radius 3 is 2.33 bits per heavy atom. The number of amides is 1. The van der Waals surface area contributed by atoms with Gasteiger partial charge in [-0.25, -0.2) is 8.42 Å². The van der Waals surface area contributed by atoms with Crippen LogP contribution in [0.15, 0.2) is 51.8 Å². The van der Waals surface area contributed by atoms with Gasteiger partial charge >= 0.3 is 0 Å². The fourth-order valence-corrected chi connectivity index (χ4v) is 2.30. The topological polar surface area (TPSA) is 76.4 Å². The Kier molecular flexibility index (Phi) is 4.28. The smallest absolute Gasteiger partial charge is 0.248 e. The van der Waals surface area contributed by atoms with Gasteiger partial charge in [-0.05, 0) is 49.4 Å². The molecule has 0 radical (unpaired) electrons. The molecule has 1 aromatic heterocycles. The summed E-state index contributed by atoms with van der Waals surface area (Å²) in [7, 11) is -3.23. The Balaban J connectivity index is 2.01. The molecule has 1 amide bonds. The lowest BCUT2D eigenvalue weighted by Gasteiger charge is -2.03. The van der Waals surface area contributed by atoms with Crippen LogP contribution in [0.2, 0.25) is 0 Å². The minimum atomic E-state index is -3.23. The SMILES string of the molecule is Cc1ccc(/C=C/C(=O)Nc2ccc(S(C)(=O)=O)cc2)o1. The Labute approximate surface area is 123 Å². The summed E-state index contributed by atoms with van der Waals surface area (Å²) in [6.45, 7) is 1.82. The highest BCUT2D eigenvalue weighted by Gasteiger charge is 2.06. The van der Waals surface area contributed by atoms with Gasteiger partial charge in [0.25, 0.3) is 0 Å². The number of nitrogens with one attached hydrogen (secondary N) is 1. The van der Waals surface area contributed by atoms with E-state index in [1.807, 2.05) is 13.0 Å². The van der Waals surface area contributed by atoms with Crippen LogP contribution in [-0.2, 0) is 14.6 Å². The number of anilines is 1. The summed E-state index contributed by atoms with van der Waals surface area (Å²) in [4.78, 5) is 11.9. The van der Waals surface area contributed by atoms with E-state index < -0.39 is 9.84 Å². The van der Waals surface area contributed by atoms with E-state index >= 15 is 0 Å². The van der Waals surface area contributed by atoms with Gasteiger partial charge in [-0.1, -0.05) is 0 Å². The molecule has 2 rings (SSSR count). The predicted octanol–water partition coefficient (Wildman–Crippen LogP) is 2.64. The van der Waals surface area contributed by atoms with Gasteiger partial charge in [-0.2, -0.15) is 0 Å². The first-order chi connectivity index (χ1) is 9.84. The van der Waals surface area contributed by atoms with Gasteiger partial charge in [0.2, 0.25) is 5.91 Å². The van der Waals surface area contributed by atoms with Crippen LogP contribution in [0.25, 0.3) is 6.08 Å². The fraction of sp³-hybridized carbons (Fsp3) is 0.133. The molecule has 1 aromatic carbocycles. The standard InChI is InChI=1S/C15H15NO4S/c1-11-3-6-13(20-11)7-10-15(17)16-12-4-8-14(9-5-12)21(2,18)19/h3-10H,1-2H3,(H,16,17)/b10-7+. The normalized spacial score (nSPS) is 11.7. The van der Waals surface area contributed by atoms with E-state index in [0.717, 1.165) is 12.0 Å². The zero-order valence-electron chi connectivity index (χ0n) is 11.7. The van der Waals surface area contributed by atoms with Crippen LogP contribution >= 0.6 is 0 Å². The summed E-state index contributed by atoms with van der Waals surface area (Å²) < 4.78 is 27.9. The van der Waals surface area contributed by atoms with Crippen LogP contribution in [0.5, 0.6) is 0 Å². The van der Waals surface area contributed by atoms with E-state index in [2.05, 4.69) is 5.32 Å². The quantitative estimate of drug-likeness (QED) is 0.881. The van der Waals surface area contributed by atoms with Gasteiger partial charge in [-0.15, -0.1) is 0 Å². The van der Waals surface area contributed by atoms with Gasteiger partial charge in [0.05, 0.1) is 4.90 Å². The van der Waals surface area contributed by atoms with Crippen molar-refractivity contribution < 1.29 is 17.6 Å². The highest BCUT2D eigenvalue weighted by molar-refractivity contribution is 7.90. The van der Waals surface area contributed by atoms with E-state index in [9.17, 15) is 13.2 Å². The largest absolute Gasteiger partial charge is 0.462 e. The summed E-state index contributed by atoms with van der Waals surface area (Å²) in [5.74, 6) is 1.04. The molecule has 0 fully saturated rings. The summed E-state index contributed by atoms with van der Waals surface area (Å²) in [5, 5.41) is 2.64. The Hall–Kier alpha value is -2.34. The maximum Gasteiger partial charge on any atom is 0.248 e. The number of carbonyl (C=O) groups is 1. The second kappa shape index (κ2) is 5.97. The summed E-state index contributed by atoms with van der Waals surface area (Å²) in [6.07, 6.45) is 4.05. The van der Waals surface area contributed by atoms with Crippen molar-refractivity contribution in [2.24, 2.45) is 0 Å². The summed E-state index contributed by atoms with van der Waals surface area (Å²) in [6, 6.07) is 9.55. The van der Waals surface area contributed by atoms with Crippen molar-refractivity contribution in [3.63, 3.8) is 0 Å². The minimum Gasteiger partial charge on any atom is -0.462 e. The lowest BCUT2D eigenvalue weighted by Crippen LogP contribution is -2.07. The van der Waals surface area contributed by atoms with Crippen LogP contribution in [0.4, 0.5) is 5.69 Å². The van der Waals surface area contributed by atoms with Crippen molar-refractivity contribution >= 4 is 27.5 Å². The van der Waals surface area contributed by atoms with Crippen LogP contribution in [0.3, 0.4) is 0 Å². The highest BCUT2D eigenvalue weighted by atomic mass is 32.2. The zero-order valence-corrected chi connectivity index (χ0v) is 12.5. The number of carbonyl (C=O) groups excluding carboxylic acids is 1. The second-order valence-corrected chi connectivity index (χ2v) is 6.58. The zero-order chi connectivity index (χ0) is 15.5. The first-order valence-electron chi connectivity index (χ1n) is 6.20. The van der Waals surface area contributed by atoms with Crippen molar-refractivity contribution in [2.45, 2.75) is 11.8 Å². The average molecular weight is 305 g/mol.